The Morgan fingerprint density at radius 1 is 1.43 bits per heavy atom. The van der Waals surface area contributed by atoms with Crippen LogP contribution in [0.3, 0.4) is 0 Å². The van der Waals surface area contributed by atoms with Crippen LogP contribution in [-0.2, 0) is 0 Å². The highest BCUT2D eigenvalue weighted by Gasteiger charge is 2.27. The molecule has 112 valence electrons. The molecule has 21 heavy (non-hydrogen) atoms. The van der Waals surface area contributed by atoms with Crippen molar-refractivity contribution in [3.05, 3.63) is 33.0 Å². The summed E-state index contributed by atoms with van der Waals surface area (Å²) in [7, 11) is 0. The molecule has 2 aromatic heterocycles. The topological polar surface area (TPSA) is 51.0 Å². The largest absolute Gasteiger partial charge is 0.336 e. The van der Waals surface area contributed by atoms with Crippen LogP contribution in [0.15, 0.2) is 12.1 Å². The van der Waals surface area contributed by atoms with Crippen molar-refractivity contribution in [1.82, 2.24) is 19.7 Å². The summed E-state index contributed by atoms with van der Waals surface area (Å²) in [5.41, 5.74) is 0. The van der Waals surface area contributed by atoms with E-state index in [1.165, 1.54) is 11.3 Å². The summed E-state index contributed by atoms with van der Waals surface area (Å²) in [4.78, 5) is 19.5. The number of amides is 1. The van der Waals surface area contributed by atoms with Gasteiger partial charge in [0.1, 0.15) is 11.6 Å². The predicted molar refractivity (Wildman–Crippen MR) is 83.0 cm³/mol. The Bertz CT molecular complexity index is 666. The molecule has 0 aromatic carbocycles. The van der Waals surface area contributed by atoms with E-state index >= 15 is 0 Å². The van der Waals surface area contributed by atoms with E-state index in [-0.39, 0.29) is 11.9 Å². The molecule has 0 spiro atoms. The lowest BCUT2D eigenvalue weighted by Crippen LogP contribution is -2.40. The molecule has 0 aliphatic carbocycles. The summed E-state index contributed by atoms with van der Waals surface area (Å²) in [5, 5.41) is 4.45. The molecule has 1 fully saturated rings. The van der Waals surface area contributed by atoms with Crippen molar-refractivity contribution in [2.75, 3.05) is 13.1 Å². The number of aromatic nitrogens is 3. The average Bonchev–Trinajstić information content (AvgIpc) is 3.04. The number of hydrogen-bond acceptors (Lipinski definition) is 4. The molecule has 0 bridgehead atoms. The summed E-state index contributed by atoms with van der Waals surface area (Å²) in [6.45, 7) is 5.32. The Morgan fingerprint density at radius 3 is 2.86 bits per heavy atom. The van der Waals surface area contributed by atoms with Gasteiger partial charge in [-0.3, -0.25) is 4.79 Å². The van der Waals surface area contributed by atoms with Crippen LogP contribution < -0.4 is 0 Å². The molecule has 3 heterocycles. The van der Waals surface area contributed by atoms with Gasteiger partial charge in [0.05, 0.1) is 15.3 Å². The van der Waals surface area contributed by atoms with Crippen molar-refractivity contribution < 1.29 is 4.79 Å². The lowest BCUT2D eigenvalue weighted by atomic mass is 10.1. The Kier molecular flexibility index (Phi) is 3.99. The average molecular weight is 325 g/mol. The number of piperidine rings is 1. The number of carbonyl (C=O) groups excluding carboxylic acids is 1. The second-order valence-corrected chi connectivity index (χ2v) is 7.02. The minimum Gasteiger partial charge on any atom is -0.336 e. The van der Waals surface area contributed by atoms with E-state index in [2.05, 4.69) is 10.1 Å². The first-order chi connectivity index (χ1) is 10.0. The molecule has 1 aliphatic heterocycles. The monoisotopic (exact) mass is 324 g/mol. The number of carbonyl (C=O) groups is 1. The molecule has 0 unspecified atom stereocenters. The first-order valence-corrected chi connectivity index (χ1v) is 8.18. The zero-order valence-electron chi connectivity index (χ0n) is 12.0. The van der Waals surface area contributed by atoms with E-state index in [9.17, 15) is 4.79 Å². The van der Waals surface area contributed by atoms with Crippen LogP contribution in [0.5, 0.6) is 0 Å². The molecule has 1 saturated heterocycles. The molecule has 7 heteroatoms. The van der Waals surface area contributed by atoms with Crippen molar-refractivity contribution >= 4 is 28.8 Å². The van der Waals surface area contributed by atoms with Crippen molar-refractivity contribution in [3.8, 4) is 0 Å². The number of hydrogen-bond donors (Lipinski definition) is 0. The van der Waals surface area contributed by atoms with Crippen LogP contribution in [-0.4, -0.2) is 38.7 Å². The molecule has 1 amide bonds. The molecule has 0 N–H and O–H groups in total. The molecule has 3 rings (SSSR count). The Balaban J connectivity index is 1.77. The van der Waals surface area contributed by atoms with E-state index in [4.69, 9.17) is 11.6 Å². The highest BCUT2D eigenvalue weighted by atomic mass is 35.5. The minimum absolute atomic E-state index is 0.0612. The van der Waals surface area contributed by atoms with Gasteiger partial charge < -0.3 is 4.90 Å². The van der Waals surface area contributed by atoms with Gasteiger partial charge in [0.2, 0.25) is 0 Å². The van der Waals surface area contributed by atoms with Crippen molar-refractivity contribution in [1.29, 1.82) is 0 Å². The highest BCUT2D eigenvalue weighted by molar-refractivity contribution is 7.17. The second kappa shape index (κ2) is 5.77. The van der Waals surface area contributed by atoms with Crippen LogP contribution in [0, 0.1) is 13.8 Å². The number of likely N-dealkylation sites (tertiary alicyclic amines) is 1. The molecule has 1 atom stereocenters. The van der Waals surface area contributed by atoms with Gasteiger partial charge in [0.15, 0.2) is 0 Å². The minimum atomic E-state index is 0.0612. The summed E-state index contributed by atoms with van der Waals surface area (Å²) < 4.78 is 2.60. The lowest BCUT2D eigenvalue weighted by Gasteiger charge is -2.32. The number of nitrogens with zero attached hydrogens (tertiary/aromatic N) is 4. The van der Waals surface area contributed by atoms with Crippen LogP contribution in [0.25, 0.3) is 0 Å². The lowest BCUT2D eigenvalue weighted by molar-refractivity contribution is 0.0676. The predicted octanol–water partition coefficient (Wildman–Crippen LogP) is 3.09. The number of rotatable bonds is 2. The fourth-order valence-electron chi connectivity index (χ4n) is 2.81. The van der Waals surface area contributed by atoms with E-state index in [0.29, 0.717) is 15.8 Å². The van der Waals surface area contributed by atoms with Gasteiger partial charge >= 0.3 is 0 Å². The van der Waals surface area contributed by atoms with Crippen molar-refractivity contribution in [3.63, 3.8) is 0 Å². The highest BCUT2D eigenvalue weighted by Crippen LogP contribution is 2.27. The fourth-order valence-corrected chi connectivity index (χ4v) is 3.82. The summed E-state index contributed by atoms with van der Waals surface area (Å²) in [5.74, 6) is 1.75. The molecular formula is C14H17ClN4OS. The van der Waals surface area contributed by atoms with Crippen LogP contribution in [0.4, 0.5) is 0 Å². The Labute approximate surface area is 132 Å². The maximum Gasteiger partial charge on any atom is 0.264 e. The zero-order chi connectivity index (χ0) is 15.0. The maximum absolute atomic E-state index is 12.5. The Hall–Kier alpha value is -1.40. The van der Waals surface area contributed by atoms with Gasteiger partial charge in [-0.25, -0.2) is 9.67 Å². The fraction of sp³-hybridized carbons (Fsp3) is 0.500. The van der Waals surface area contributed by atoms with Gasteiger partial charge in [-0.2, -0.15) is 5.10 Å². The van der Waals surface area contributed by atoms with E-state index < -0.39 is 0 Å². The molecule has 2 aromatic rings. The first-order valence-electron chi connectivity index (χ1n) is 6.99. The molecule has 0 saturated carbocycles. The van der Waals surface area contributed by atoms with E-state index in [1.54, 1.807) is 12.1 Å². The second-order valence-electron chi connectivity index (χ2n) is 5.30. The molecule has 5 nitrogen and oxygen atoms in total. The van der Waals surface area contributed by atoms with Gasteiger partial charge in [0, 0.05) is 13.1 Å². The van der Waals surface area contributed by atoms with Crippen LogP contribution in [0.1, 0.15) is 40.2 Å². The molecule has 1 aliphatic rings. The third kappa shape index (κ3) is 2.96. The van der Waals surface area contributed by atoms with Gasteiger partial charge in [0.25, 0.3) is 5.91 Å². The summed E-state index contributed by atoms with van der Waals surface area (Å²) in [6, 6.07) is 3.77. The summed E-state index contributed by atoms with van der Waals surface area (Å²) in [6.07, 6.45) is 2.01. The first kappa shape index (κ1) is 14.5. The maximum atomic E-state index is 12.5. The number of thiophene rings is 1. The van der Waals surface area contributed by atoms with Gasteiger partial charge in [-0.1, -0.05) is 11.6 Å². The van der Waals surface area contributed by atoms with Crippen molar-refractivity contribution in [2.45, 2.75) is 32.7 Å². The van der Waals surface area contributed by atoms with Crippen LogP contribution in [0.2, 0.25) is 4.34 Å². The third-order valence-electron chi connectivity index (χ3n) is 3.72. The quantitative estimate of drug-likeness (QED) is 0.853. The van der Waals surface area contributed by atoms with Gasteiger partial charge in [-0.15, -0.1) is 11.3 Å². The normalized spacial score (nSPS) is 19.0. The Morgan fingerprint density at radius 2 is 2.24 bits per heavy atom. The molecule has 0 radical (unpaired) electrons. The third-order valence-corrected chi connectivity index (χ3v) is 4.94. The zero-order valence-corrected chi connectivity index (χ0v) is 13.6. The number of halogens is 1. The summed E-state index contributed by atoms with van der Waals surface area (Å²) >= 11 is 7.25. The van der Waals surface area contributed by atoms with Gasteiger partial charge in [-0.05, 0) is 38.8 Å². The van der Waals surface area contributed by atoms with Crippen LogP contribution >= 0.6 is 22.9 Å². The van der Waals surface area contributed by atoms with E-state index in [1.807, 2.05) is 23.4 Å². The van der Waals surface area contributed by atoms with Crippen molar-refractivity contribution in [2.24, 2.45) is 0 Å². The standard InChI is InChI=1S/C14H17ClN4OS/c1-9-16-10(2)19(17-9)11-4-3-7-18(8-11)14(20)12-5-6-13(15)21-12/h5-6,11H,3-4,7-8H2,1-2H3/t11-/m1/s1. The SMILES string of the molecule is Cc1nc(C)n([C@@H]2CCCN(C(=O)c3ccc(Cl)s3)C2)n1. The van der Waals surface area contributed by atoms with E-state index in [0.717, 1.165) is 31.0 Å². The smallest absolute Gasteiger partial charge is 0.264 e. The number of aryl methyl sites for hydroxylation is 2. The molecular weight excluding hydrogens is 308 g/mol.